The van der Waals surface area contributed by atoms with Crippen LogP contribution in [-0.2, 0) is 4.79 Å². The third kappa shape index (κ3) is 2.05. The maximum Gasteiger partial charge on any atom is 0.244 e. The molecular formula is C10H15N5O. The molecule has 0 bridgehead atoms. The van der Waals surface area contributed by atoms with Crippen LogP contribution in [0.2, 0.25) is 0 Å². The lowest BCUT2D eigenvalue weighted by Crippen LogP contribution is -2.31. The minimum absolute atomic E-state index is 0.0924. The molecule has 6 nitrogen and oxygen atoms in total. The number of amides is 1. The highest BCUT2D eigenvalue weighted by Crippen LogP contribution is 2.15. The van der Waals surface area contributed by atoms with Gasteiger partial charge in [0.1, 0.15) is 23.5 Å². The zero-order chi connectivity index (χ0) is 11.7. The fourth-order valence-electron chi connectivity index (χ4n) is 1.80. The van der Waals surface area contributed by atoms with Gasteiger partial charge in [-0.3, -0.25) is 4.79 Å². The molecule has 1 fully saturated rings. The van der Waals surface area contributed by atoms with Gasteiger partial charge in [0, 0.05) is 19.7 Å². The summed E-state index contributed by atoms with van der Waals surface area (Å²) >= 11 is 0. The summed E-state index contributed by atoms with van der Waals surface area (Å²) in [5.74, 6) is 1.71. The van der Waals surface area contributed by atoms with Crippen molar-refractivity contribution in [2.75, 3.05) is 24.6 Å². The molecule has 16 heavy (non-hydrogen) atoms. The Hall–Kier alpha value is -1.85. The second-order valence-electron chi connectivity index (χ2n) is 3.97. The Morgan fingerprint density at radius 3 is 2.88 bits per heavy atom. The van der Waals surface area contributed by atoms with E-state index in [9.17, 15) is 4.79 Å². The summed E-state index contributed by atoms with van der Waals surface area (Å²) in [6.45, 7) is 2.54. The van der Waals surface area contributed by atoms with Crippen LogP contribution in [0.3, 0.4) is 0 Å². The Labute approximate surface area is 93.9 Å². The van der Waals surface area contributed by atoms with E-state index < -0.39 is 0 Å². The summed E-state index contributed by atoms with van der Waals surface area (Å²) in [7, 11) is 1.80. The van der Waals surface area contributed by atoms with Crippen molar-refractivity contribution in [2.24, 2.45) is 0 Å². The predicted octanol–water partition coefficient (Wildman–Crippen LogP) is 0.00982. The molecule has 0 aliphatic carbocycles. The molecule has 1 aliphatic rings. The van der Waals surface area contributed by atoms with Crippen molar-refractivity contribution in [1.29, 1.82) is 0 Å². The van der Waals surface area contributed by atoms with Gasteiger partial charge < -0.3 is 16.0 Å². The molecule has 0 aromatic carbocycles. The van der Waals surface area contributed by atoms with E-state index in [0.717, 1.165) is 13.0 Å². The third-order valence-corrected chi connectivity index (χ3v) is 2.61. The average Bonchev–Trinajstić information content (AvgIpc) is 2.48. The highest BCUT2D eigenvalue weighted by molar-refractivity contribution is 5.86. The Bertz CT molecular complexity index is 399. The smallest absolute Gasteiger partial charge is 0.244 e. The van der Waals surface area contributed by atoms with Crippen molar-refractivity contribution in [1.82, 2.24) is 14.9 Å². The minimum atomic E-state index is -0.196. The van der Waals surface area contributed by atoms with Gasteiger partial charge in [0.2, 0.25) is 5.91 Å². The van der Waals surface area contributed by atoms with Gasteiger partial charge in [0.15, 0.2) is 0 Å². The van der Waals surface area contributed by atoms with Gasteiger partial charge >= 0.3 is 0 Å². The number of nitrogen functional groups attached to an aromatic ring is 1. The molecule has 1 amide bonds. The maximum absolute atomic E-state index is 11.7. The average molecular weight is 221 g/mol. The van der Waals surface area contributed by atoms with Gasteiger partial charge in [-0.2, -0.15) is 0 Å². The van der Waals surface area contributed by atoms with Crippen molar-refractivity contribution in [3.63, 3.8) is 0 Å². The van der Waals surface area contributed by atoms with Crippen molar-refractivity contribution < 1.29 is 4.79 Å². The minimum Gasteiger partial charge on any atom is -0.384 e. The van der Waals surface area contributed by atoms with E-state index in [1.807, 2.05) is 0 Å². The van der Waals surface area contributed by atoms with E-state index in [4.69, 9.17) is 5.73 Å². The number of aryl methyl sites for hydroxylation is 1. The number of nitrogens with zero attached hydrogens (tertiary/aromatic N) is 3. The molecule has 1 aromatic rings. The van der Waals surface area contributed by atoms with Gasteiger partial charge in [-0.15, -0.1) is 0 Å². The lowest BCUT2D eigenvalue weighted by molar-refractivity contribution is -0.127. The van der Waals surface area contributed by atoms with Crippen LogP contribution >= 0.6 is 0 Å². The second kappa shape index (κ2) is 3.96. The number of anilines is 2. The first-order valence-corrected chi connectivity index (χ1v) is 5.19. The van der Waals surface area contributed by atoms with Gasteiger partial charge in [0.25, 0.3) is 0 Å². The van der Waals surface area contributed by atoms with E-state index in [0.29, 0.717) is 17.5 Å². The SMILES string of the molecule is Cc1nc(N)cc(NC2CCN(C)C2=O)n1. The molecule has 0 radical (unpaired) electrons. The Morgan fingerprint density at radius 1 is 1.56 bits per heavy atom. The quantitative estimate of drug-likeness (QED) is 0.735. The Morgan fingerprint density at radius 2 is 2.31 bits per heavy atom. The number of rotatable bonds is 2. The number of likely N-dealkylation sites (N-methyl/N-ethyl adjacent to an activating group) is 1. The monoisotopic (exact) mass is 221 g/mol. The molecule has 2 heterocycles. The zero-order valence-corrected chi connectivity index (χ0v) is 9.40. The summed E-state index contributed by atoms with van der Waals surface area (Å²) in [6.07, 6.45) is 0.790. The predicted molar refractivity (Wildman–Crippen MR) is 60.8 cm³/mol. The standard InChI is InChI=1S/C10H15N5O/c1-6-12-8(11)5-9(13-6)14-7-3-4-15(2)10(7)16/h5,7H,3-4H2,1-2H3,(H3,11,12,13,14). The number of carbonyl (C=O) groups is 1. The van der Waals surface area contributed by atoms with Crippen molar-refractivity contribution in [3.05, 3.63) is 11.9 Å². The normalized spacial score (nSPS) is 20.2. The number of hydrogen-bond donors (Lipinski definition) is 2. The fourth-order valence-corrected chi connectivity index (χ4v) is 1.80. The fraction of sp³-hybridized carbons (Fsp3) is 0.500. The third-order valence-electron chi connectivity index (χ3n) is 2.61. The molecule has 1 aromatic heterocycles. The zero-order valence-electron chi connectivity index (χ0n) is 9.40. The van der Waals surface area contributed by atoms with Crippen LogP contribution in [-0.4, -0.2) is 40.4 Å². The van der Waals surface area contributed by atoms with Crippen LogP contribution in [0.1, 0.15) is 12.2 Å². The lowest BCUT2D eigenvalue weighted by Gasteiger charge is -2.13. The van der Waals surface area contributed by atoms with Crippen molar-refractivity contribution >= 4 is 17.5 Å². The van der Waals surface area contributed by atoms with Crippen LogP contribution in [0.25, 0.3) is 0 Å². The number of hydrogen-bond acceptors (Lipinski definition) is 5. The first kappa shape index (κ1) is 10.7. The van der Waals surface area contributed by atoms with Gasteiger partial charge in [0.05, 0.1) is 0 Å². The lowest BCUT2D eigenvalue weighted by atomic mass is 10.2. The maximum atomic E-state index is 11.7. The molecule has 86 valence electrons. The molecule has 6 heteroatoms. The van der Waals surface area contributed by atoms with E-state index in [1.165, 1.54) is 0 Å². The van der Waals surface area contributed by atoms with E-state index in [2.05, 4.69) is 15.3 Å². The topological polar surface area (TPSA) is 84.1 Å². The molecule has 1 atom stereocenters. The summed E-state index contributed by atoms with van der Waals surface area (Å²) in [5, 5.41) is 3.08. The molecule has 2 rings (SSSR count). The number of nitrogens with one attached hydrogen (secondary N) is 1. The van der Waals surface area contributed by atoms with Crippen molar-refractivity contribution in [2.45, 2.75) is 19.4 Å². The molecule has 1 unspecified atom stereocenters. The van der Waals surface area contributed by atoms with Crippen LogP contribution in [0.5, 0.6) is 0 Å². The molecular weight excluding hydrogens is 206 g/mol. The van der Waals surface area contributed by atoms with Crippen LogP contribution < -0.4 is 11.1 Å². The first-order chi connectivity index (χ1) is 7.56. The largest absolute Gasteiger partial charge is 0.384 e. The molecule has 0 spiro atoms. The summed E-state index contributed by atoms with van der Waals surface area (Å²) in [4.78, 5) is 21.5. The first-order valence-electron chi connectivity index (χ1n) is 5.19. The summed E-state index contributed by atoms with van der Waals surface area (Å²) in [5.41, 5.74) is 5.61. The highest BCUT2D eigenvalue weighted by atomic mass is 16.2. The molecule has 1 aliphatic heterocycles. The van der Waals surface area contributed by atoms with E-state index >= 15 is 0 Å². The van der Waals surface area contributed by atoms with Gasteiger partial charge in [-0.1, -0.05) is 0 Å². The number of likely N-dealkylation sites (tertiary alicyclic amines) is 1. The number of carbonyl (C=O) groups excluding carboxylic acids is 1. The molecule has 0 saturated carbocycles. The van der Waals surface area contributed by atoms with E-state index in [1.54, 1.807) is 24.9 Å². The highest BCUT2D eigenvalue weighted by Gasteiger charge is 2.29. The summed E-state index contributed by atoms with van der Waals surface area (Å²) < 4.78 is 0. The van der Waals surface area contributed by atoms with Crippen LogP contribution in [0, 0.1) is 6.92 Å². The van der Waals surface area contributed by atoms with Crippen molar-refractivity contribution in [3.8, 4) is 0 Å². The second-order valence-corrected chi connectivity index (χ2v) is 3.97. The summed E-state index contributed by atoms with van der Waals surface area (Å²) in [6, 6.07) is 1.44. The number of aromatic nitrogens is 2. The van der Waals surface area contributed by atoms with Gasteiger partial charge in [-0.25, -0.2) is 9.97 Å². The van der Waals surface area contributed by atoms with Crippen LogP contribution in [0.15, 0.2) is 6.07 Å². The van der Waals surface area contributed by atoms with Crippen LogP contribution in [0.4, 0.5) is 11.6 Å². The molecule has 3 N–H and O–H groups in total. The van der Waals surface area contributed by atoms with E-state index in [-0.39, 0.29) is 11.9 Å². The van der Waals surface area contributed by atoms with Gasteiger partial charge in [-0.05, 0) is 13.3 Å². The molecule has 1 saturated heterocycles. The Kier molecular flexibility index (Phi) is 2.64. The number of nitrogens with two attached hydrogens (primary N) is 1. The Balaban J connectivity index is 2.12.